The van der Waals surface area contributed by atoms with Crippen molar-refractivity contribution in [1.29, 1.82) is 5.26 Å². The number of rotatable bonds is 4. The standard InChI is InChI=1S/C12H14N2O2/c1-9(8-13)14-11(12(15)16-2)10-6-4-3-5-7-10/h3-7,9,11,14H,1-2H3. The van der Waals surface area contributed by atoms with Crippen molar-refractivity contribution in [2.24, 2.45) is 0 Å². The Hall–Kier alpha value is -1.86. The summed E-state index contributed by atoms with van der Waals surface area (Å²) in [5, 5.41) is 11.6. The summed E-state index contributed by atoms with van der Waals surface area (Å²) in [5.41, 5.74) is 0.788. The van der Waals surface area contributed by atoms with E-state index in [0.29, 0.717) is 0 Å². The normalized spacial score (nSPS) is 13.6. The molecule has 1 rings (SSSR count). The van der Waals surface area contributed by atoms with Crippen LogP contribution in [0.25, 0.3) is 0 Å². The molecule has 1 aromatic carbocycles. The number of esters is 1. The van der Waals surface area contributed by atoms with Gasteiger partial charge in [0.05, 0.1) is 19.2 Å². The summed E-state index contributed by atoms with van der Waals surface area (Å²) in [7, 11) is 1.33. The van der Waals surface area contributed by atoms with Gasteiger partial charge in [-0.2, -0.15) is 5.26 Å². The monoisotopic (exact) mass is 218 g/mol. The lowest BCUT2D eigenvalue weighted by molar-refractivity contribution is -0.143. The van der Waals surface area contributed by atoms with E-state index in [1.54, 1.807) is 6.92 Å². The number of carbonyl (C=O) groups excluding carboxylic acids is 1. The Bertz CT molecular complexity index is 384. The fraction of sp³-hybridized carbons (Fsp3) is 0.333. The molecule has 0 amide bonds. The Morgan fingerprint density at radius 3 is 2.56 bits per heavy atom. The molecule has 0 saturated heterocycles. The number of benzene rings is 1. The second kappa shape index (κ2) is 5.89. The first-order valence-electron chi connectivity index (χ1n) is 4.97. The SMILES string of the molecule is COC(=O)C(NC(C)C#N)c1ccccc1. The van der Waals surface area contributed by atoms with Gasteiger partial charge in [-0.05, 0) is 12.5 Å². The summed E-state index contributed by atoms with van der Waals surface area (Å²) >= 11 is 0. The topological polar surface area (TPSA) is 62.1 Å². The smallest absolute Gasteiger partial charge is 0.327 e. The van der Waals surface area contributed by atoms with Crippen molar-refractivity contribution in [2.45, 2.75) is 19.0 Å². The van der Waals surface area contributed by atoms with Crippen LogP contribution in [-0.4, -0.2) is 19.1 Å². The molecular formula is C12H14N2O2. The van der Waals surface area contributed by atoms with Gasteiger partial charge in [-0.15, -0.1) is 0 Å². The Kier molecular flexibility index (Phi) is 4.49. The maximum Gasteiger partial charge on any atom is 0.327 e. The predicted octanol–water partition coefficient (Wildman–Crippen LogP) is 1.40. The molecule has 0 spiro atoms. The zero-order valence-electron chi connectivity index (χ0n) is 9.31. The molecule has 0 heterocycles. The number of ether oxygens (including phenoxy) is 1. The molecule has 1 aromatic rings. The molecule has 0 aromatic heterocycles. The first-order chi connectivity index (χ1) is 7.69. The molecule has 0 aliphatic heterocycles. The van der Waals surface area contributed by atoms with Crippen LogP contribution < -0.4 is 5.32 Å². The third-order valence-corrected chi connectivity index (χ3v) is 2.18. The predicted molar refractivity (Wildman–Crippen MR) is 59.4 cm³/mol. The van der Waals surface area contributed by atoms with Gasteiger partial charge in [0.2, 0.25) is 0 Å². The van der Waals surface area contributed by atoms with Gasteiger partial charge in [0, 0.05) is 0 Å². The Morgan fingerprint density at radius 1 is 1.44 bits per heavy atom. The van der Waals surface area contributed by atoms with Gasteiger partial charge in [0.15, 0.2) is 0 Å². The number of nitriles is 1. The van der Waals surface area contributed by atoms with Crippen molar-refractivity contribution in [3.8, 4) is 6.07 Å². The highest BCUT2D eigenvalue weighted by Crippen LogP contribution is 2.14. The van der Waals surface area contributed by atoms with Gasteiger partial charge in [-0.3, -0.25) is 5.32 Å². The van der Waals surface area contributed by atoms with Crippen molar-refractivity contribution >= 4 is 5.97 Å². The summed E-state index contributed by atoms with van der Waals surface area (Å²) in [5.74, 6) is -0.395. The minimum atomic E-state index is -0.596. The number of hydrogen-bond donors (Lipinski definition) is 1. The van der Waals surface area contributed by atoms with E-state index in [2.05, 4.69) is 5.32 Å². The highest BCUT2D eigenvalue weighted by Gasteiger charge is 2.22. The number of nitrogens with zero attached hydrogens (tertiary/aromatic N) is 1. The number of hydrogen-bond acceptors (Lipinski definition) is 4. The van der Waals surface area contributed by atoms with Crippen molar-refractivity contribution < 1.29 is 9.53 Å². The Labute approximate surface area is 94.8 Å². The van der Waals surface area contributed by atoms with Crippen LogP contribution in [0.1, 0.15) is 18.5 Å². The highest BCUT2D eigenvalue weighted by atomic mass is 16.5. The molecule has 0 saturated carbocycles. The lowest BCUT2D eigenvalue weighted by Gasteiger charge is -2.17. The lowest BCUT2D eigenvalue weighted by atomic mass is 10.1. The van der Waals surface area contributed by atoms with Gasteiger partial charge in [0.1, 0.15) is 6.04 Å². The van der Waals surface area contributed by atoms with Gasteiger partial charge < -0.3 is 4.74 Å². The van der Waals surface area contributed by atoms with Crippen LogP contribution in [0.2, 0.25) is 0 Å². The molecule has 16 heavy (non-hydrogen) atoms. The molecule has 1 N–H and O–H groups in total. The number of carbonyl (C=O) groups is 1. The first-order valence-corrected chi connectivity index (χ1v) is 4.97. The van der Waals surface area contributed by atoms with Crippen molar-refractivity contribution in [3.63, 3.8) is 0 Å². The maximum absolute atomic E-state index is 11.6. The van der Waals surface area contributed by atoms with Gasteiger partial charge in [-0.1, -0.05) is 30.3 Å². The van der Waals surface area contributed by atoms with E-state index in [-0.39, 0.29) is 0 Å². The zero-order valence-corrected chi connectivity index (χ0v) is 9.31. The van der Waals surface area contributed by atoms with Crippen LogP contribution in [0.3, 0.4) is 0 Å². The Balaban J connectivity index is 2.89. The third kappa shape index (κ3) is 3.07. The zero-order chi connectivity index (χ0) is 12.0. The molecular weight excluding hydrogens is 204 g/mol. The summed E-state index contributed by atoms with van der Waals surface area (Å²) in [6.45, 7) is 1.69. The molecule has 2 unspecified atom stereocenters. The fourth-order valence-electron chi connectivity index (χ4n) is 1.35. The number of methoxy groups -OCH3 is 1. The largest absolute Gasteiger partial charge is 0.468 e. The fourth-order valence-corrected chi connectivity index (χ4v) is 1.35. The van der Waals surface area contributed by atoms with Gasteiger partial charge >= 0.3 is 5.97 Å². The molecule has 0 radical (unpaired) electrons. The van der Waals surface area contributed by atoms with Crippen molar-refractivity contribution in [3.05, 3.63) is 35.9 Å². The molecule has 84 valence electrons. The van der Waals surface area contributed by atoms with E-state index in [9.17, 15) is 4.79 Å². The van der Waals surface area contributed by atoms with Crippen LogP contribution in [0.15, 0.2) is 30.3 Å². The quantitative estimate of drug-likeness (QED) is 0.776. The molecule has 0 bridgehead atoms. The second-order valence-electron chi connectivity index (χ2n) is 3.38. The Morgan fingerprint density at radius 2 is 2.06 bits per heavy atom. The molecule has 2 atom stereocenters. The van der Waals surface area contributed by atoms with Crippen LogP contribution in [-0.2, 0) is 9.53 Å². The maximum atomic E-state index is 11.6. The van der Waals surface area contributed by atoms with E-state index in [0.717, 1.165) is 5.56 Å². The highest BCUT2D eigenvalue weighted by molar-refractivity contribution is 5.77. The van der Waals surface area contributed by atoms with Crippen molar-refractivity contribution in [1.82, 2.24) is 5.32 Å². The molecule has 0 fully saturated rings. The first kappa shape index (κ1) is 12.2. The van der Waals surface area contributed by atoms with Crippen LogP contribution in [0, 0.1) is 11.3 Å². The summed E-state index contributed by atoms with van der Waals surface area (Å²) in [6.07, 6.45) is 0. The lowest BCUT2D eigenvalue weighted by Crippen LogP contribution is -2.35. The van der Waals surface area contributed by atoms with Gasteiger partial charge in [-0.25, -0.2) is 4.79 Å². The summed E-state index contributed by atoms with van der Waals surface area (Å²) in [6, 6.07) is 10.2. The van der Waals surface area contributed by atoms with Crippen LogP contribution in [0.4, 0.5) is 0 Å². The minimum Gasteiger partial charge on any atom is -0.468 e. The third-order valence-electron chi connectivity index (χ3n) is 2.18. The van der Waals surface area contributed by atoms with Crippen LogP contribution in [0.5, 0.6) is 0 Å². The molecule has 4 nitrogen and oxygen atoms in total. The van der Waals surface area contributed by atoms with Crippen molar-refractivity contribution in [2.75, 3.05) is 7.11 Å². The minimum absolute atomic E-state index is 0.395. The molecule has 0 aliphatic carbocycles. The van der Waals surface area contributed by atoms with E-state index in [1.165, 1.54) is 7.11 Å². The summed E-state index contributed by atoms with van der Waals surface area (Å²) in [4.78, 5) is 11.6. The van der Waals surface area contributed by atoms with Gasteiger partial charge in [0.25, 0.3) is 0 Å². The van der Waals surface area contributed by atoms with Crippen LogP contribution >= 0.6 is 0 Å². The summed E-state index contributed by atoms with van der Waals surface area (Å²) < 4.78 is 4.70. The van der Waals surface area contributed by atoms with E-state index >= 15 is 0 Å². The van der Waals surface area contributed by atoms with E-state index in [4.69, 9.17) is 10.00 Å². The number of nitrogens with one attached hydrogen (secondary N) is 1. The second-order valence-corrected chi connectivity index (χ2v) is 3.38. The molecule has 4 heteroatoms. The average molecular weight is 218 g/mol. The van der Waals surface area contributed by atoms with E-state index in [1.807, 2.05) is 36.4 Å². The van der Waals surface area contributed by atoms with E-state index < -0.39 is 18.1 Å². The average Bonchev–Trinajstić information content (AvgIpc) is 2.35. The molecule has 0 aliphatic rings.